The number of carbonyl (C=O) groups is 1. The molecule has 1 aliphatic heterocycles. The largest absolute Gasteiger partial charge is 0.325 e. The SMILES string of the molecule is CCCCCCCC1(c2ccccc2)C(=O)Nc2ccccc21. The van der Waals surface area contributed by atoms with Crippen LogP contribution in [-0.4, -0.2) is 5.91 Å². The third-order valence-corrected chi connectivity index (χ3v) is 4.94. The van der Waals surface area contributed by atoms with E-state index < -0.39 is 5.41 Å². The Morgan fingerprint density at radius 3 is 2.35 bits per heavy atom. The molecule has 2 aromatic carbocycles. The van der Waals surface area contributed by atoms with Gasteiger partial charge in [-0.2, -0.15) is 0 Å². The first-order valence-electron chi connectivity index (χ1n) is 8.75. The molecule has 1 heterocycles. The van der Waals surface area contributed by atoms with E-state index in [4.69, 9.17) is 0 Å². The van der Waals surface area contributed by atoms with E-state index in [-0.39, 0.29) is 5.91 Å². The van der Waals surface area contributed by atoms with Gasteiger partial charge in [-0.15, -0.1) is 0 Å². The number of hydrogen-bond donors (Lipinski definition) is 1. The van der Waals surface area contributed by atoms with Crippen molar-refractivity contribution in [2.45, 2.75) is 50.9 Å². The van der Waals surface area contributed by atoms with Crippen LogP contribution in [0.2, 0.25) is 0 Å². The van der Waals surface area contributed by atoms with E-state index in [1.165, 1.54) is 25.7 Å². The van der Waals surface area contributed by atoms with Gasteiger partial charge in [-0.05, 0) is 23.6 Å². The van der Waals surface area contributed by atoms with Crippen molar-refractivity contribution in [2.24, 2.45) is 0 Å². The van der Waals surface area contributed by atoms with Crippen LogP contribution in [0.25, 0.3) is 0 Å². The van der Waals surface area contributed by atoms with Crippen LogP contribution in [-0.2, 0) is 10.2 Å². The van der Waals surface area contributed by atoms with Crippen molar-refractivity contribution in [3.63, 3.8) is 0 Å². The second kappa shape index (κ2) is 6.99. The molecule has 120 valence electrons. The van der Waals surface area contributed by atoms with E-state index in [9.17, 15) is 4.79 Å². The number of para-hydroxylation sites is 1. The number of nitrogens with one attached hydrogen (secondary N) is 1. The minimum atomic E-state index is -0.524. The summed E-state index contributed by atoms with van der Waals surface area (Å²) in [6.07, 6.45) is 6.93. The van der Waals surface area contributed by atoms with Crippen molar-refractivity contribution in [3.05, 3.63) is 65.7 Å². The Morgan fingerprint density at radius 2 is 1.57 bits per heavy atom. The number of rotatable bonds is 7. The number of unbranched alkanes of at least 4 members (excludes halogenated alkanes) is 4. The summed E-state index contributed by atoms with van der Waals surface area (Å²) in [5, 5.41) is 3.10. The van der Waals surface area contributed by atoms with Gasteiger partial charge in [-0.25, -0.2) is 0 Å². The van der Waals surface area contributed by atoms with Gasteiger partial charge in [0, 0.05) is 5.69 Å². The third kappa shape index (κ3) is 2.90. The number of fused-ring (bicyclic) bond motifs is 1. The zero-order valence-corrected chi connectivity index (χ0v) is 13.8. The highest BCUT2D eigenvalue weighted by molar-refractivity contribution is 6.08. The van der Waals surface area contributed by atoms with Gasteiger partial charge < -0.3 is 5.32 Å². The molecule has 2 aromatic rings. The van der Waals surface area contributed by atoms with Crippen molar-refractivity contribution in [3.8, 4) is 0 Å². The van der Waals surface area contributed by atoms with Crippen molar-refractivity contribution >= 4 is 11.6 Å². The quantitative estimate of drug-likeness (QED) is 0.692. The molecule has 0 aromatic heterocycles. The lowest BCUT2D eigenvalue weighted by molar-refractivity contribution is -0.119. The first kappa shape index (κ1) is 15.8. The smallest absolute Gasteiger partial charge is 0.239 e. The van der Waals surface area contributed by atoms with Gasteiger partial charge >= 0.3 is 0 Å². The molecule has 3 rings (SSSR count). The molecule has 2 heteroatoms. The summed E-state index contributed by atoms with van der Waals surface area (Å²) in [4.78, 5) is 13.0. The van der Waals surface area contributed by atoms with Crippen molar-refractivity contribution < 1.29 is 4.79 Å². The Labute approximate surface area is 138 Å². The average molecular weight is 307 g/mol. The molecule has 0 saturated heterocycles. The predicted octanol–water partition coefficient (Wildman–Crippen LogP) is 5.29. The van der Waals surface area contributed by atoms with E-state index in [0.29, 0.717) is 0 Å². The molecule has 1 aliphatic rings. The molecule has 0 spiro atoms. The van der Waals surface area contributed by atoms with Crippen LogP contribution < -0.4 is 5.32 Å². The van der Waals surface area contributed by atoms with Crippen LogP contribution in [0, 0.1) is 0 Å². The Kier molecular flexibility index (Phi) is 4.80. The first-order valence-corrected chi connectivity index (χ1v) is 8.75. The van der Waals surface area contributed by atoms with Crippen LogP contribution in [0.3, 0.4) is 0 Å². The maximum Gasteiger partial charge on any atom is 0.239 e. The minimum absolute atomic E-state index is 0.125. The monoisotopic (exact) mass is 307 g/mol. The van der Waals surface area contributed by atoms with Crippen molar-refractivity contribution in [1.29, 1.82) is 0 Å². The summed E-state index contributed by atoms with van der Waals surface area (Å²) in [6, 6.07) is 18.4. The highest BCUT2D eigenvalue weighted by Crippen LogP contribution is 2.46. The molecule has 2 nitrogen and oxygen atoms in total. The number of benzene rings is 2. The molecule has 1 N–H and O–H groups in total. The topological polar surface area (TPSA) is 29.1 Å². The van der Waals surface area contributed by atoms with E-state index in [1.54, 1.807) is 0 Å². The van der Waals surface area contributed by atoms with Crippen LogP contribution in [0.1, 0.15) is 56.6 Å². The number of anilines is 1. The Morgan fingerprint density at radius 1 is 0.870 bits per heavy atom. The van der Waals surface area contributed by atoms with Crippen LogP contribution in [0.4, 0.5) is 5.69 Å². The summed E-state index contributed by atoms with van der Waals surface area (Å²) in [7, 11) is 0. The average Bonchev–Trinajstić information content (AvgIpc) is 2.88. The maximum absolute atomic E-state index is 13.0. The molecule has 1 amide bonds. The zero-order chi connectivity index (χ0) is 16.1. The lowest BCUT2D eigenvalue weighted by Gasteiger charge is -2.28. The van der Waals surface area contributed by atoms with E-state index in [0.717, 1.165) is 29.7 Å². The van der Waals surface area contributed by atoms with Crippen LogP contribution >= 0.6 is 0 Å². The molecular weight excluding hydrogens is 282 g/mol. The fourth-order valence-corrected chi connectivity index (χ4v) is 3.71. The maximum atomic E-state index is 13.0. The molecule has 0 fully saturated rings. The molecule has 0 aliphatic carbocycles. The predicted molar refractivity (Wildman–Crippen MR) is 95.7 cm³/mol. The van der Waals surface area contributed by atoms with Crippen LogP contribution in [0.5, 0.6) is 0 Å². The summed E-state index contributed by atoms with van der Waals surface area (Å²) >= 11 is 0. The lowest BCUT2D eigenvalue weighted by atomic mass is 9.72. The normalized spacial score (nSPS) is 19.4. The summed E-state index contributed by atoms with van der Waals surface area (Å²) in [5.74, 6) is 0.125. The molecule has 1 atom stereocenters. The highest BCUT2D eigenvalue weighted by Gasteiger charge is 2.47. The fourth-order valence-electron chi connectivity index (χ4n) is 3.71. The molecule has 0 radical (unpaired) electrons. The third-order valence-electron chi connectivity index (χ3n) is 4.94. The van der Waals surface area contributed by atoms with E-state index >= 15 is 0 Å². The Bertz CT molecular complexity index is 665. The van der Waals surface area contributed by atoms with Gasteiger partial charge in [0.15, 0.2) is 0 Å². The summed E-state index contributed by atoms with van der Waals surface area (Å²) in [5.41, 5.74) is 2.68. The molecule has 0 bridgehead atoms. The summed E-state index contributed by atoms with van der Waals surface area (Å²) in [6.45, 7) is 2.23. The van der Waals surface area contributed by atoms with E-state index in [2.05, 4.69) is 30.4 Å². The number of amides is 1. The number of carbonyl (C=O) groups excluding carboxylic acids is 1. The van der Waals surface area contributed by atoms with Crippen molar-refractivity contribution in [2.75, 3.05) is 5.32 Å². The molecule has 23 heavy (non-hydrogen) atoms. The van der Waals surface area contributed by atoms with Gasteiger partial charge in [0.1, 0.15) is 5.41 Å². The van der Waals surface area contributed by atoms with Gasteiger partial charge in [0.25, 0.3) is 0 Å². The summed E-state index contributed by atoms with van der Waals surface area (Å²) < 4.78 is 0. The van der Waals surface area contributed by atoms with Gasteiger partial charge in [0.2, 0.25) is 5.91 Å². The Balaban J connectivity index is 1.94. The first-order chi connectivity index (χ1) is 11.3. The van der Waals surface area contributed by atoms with Gasteiger partial charge in [0.05, 0.1) is 0 Å². The lowest BCUT2D eigenvalue weighted by Crippen LogP contribution is -2.35. The number of hydrogen-bond acceptors (Lipinski definition) is 1. The second-order valence-electron chi connectivity index (χ2n) is 6.44. The minimum Gasteiger partial charge on any atom is -0.325 e. The molecular formula is C21H25NO. The van der Waals surface area contributed by atoms with E-state index in [1.807, 2.05) is 36.4 Å². The standard InChI is InChI=1S/C21H25NO/c1-2-3-4-5-11-16-21(17-12-7-6-8-13-17)18-14-9-10-15-19(18)22-20(21)23/h6-10,12-15H,2-5,11,16H2,1H3,(H,22,23). The zero-order valence-electron chi connectivity index (χ0n) is 13.8. The molecule has 1 unspecified atom stereocenters. The van der Waals surface area contributed by atoms with Gasteiger partial charge in [-0.1, -0.05) is 87.6 Å². The van der Waals surface area contributed by atoms with Gasteiger partial charge in [-0.3, -0.25) is 4.79 Å². The Hall–Kier alpha value is -2.09. The van der Waals surface area contributed by atoms with Crippen LogP contribution in [0.15, 0.2) is 54.6 Å². The molecule has 0 saturated carbocycles. The second-order valence-corrected chi connectivity index (χ2v) is 6.44. The van der Waals surface area contributed by atoms with Crippen molar-refractivity contribution in [1.82, 2.24) is 0 Å². The highest BCUT2D eigenvalue weighted by atomic mass is 16.2. The fraction of sp³-hybridized carbons (Fsp3) is 0.381.